The van der Waals surface area contributed by atoms with Crippen molar-refractivity contribution in [3.8, 4) is 0 Å². The van der Waals surface area contributed by atoms with E-state index in [2.05, 4.69) is 24.1 Å². The van der Waals surface area contributed by atoms with Gasteiger partial charge in [0.05, 0.1) is 0 Å². The number of hydrogen-bond acceptors (Lipinski definition) is 0. The van der Waals surface area contributed by atoms with Crippen LogP contribution in [-0.2, 0) is 7.05 Å². The first-order valence-electron chi connectivity index (χ1n) is 4.00. The zero-order valence-corrected chi connectivity index (χ0v) is 7.62. The molecule has 0 atom stereocenters. The van der Waals surface area contributed by atoms with Gasteiger partial charge in [-0.05, 0) is 13.0 Å². The summed E-state index contributed by atoms with van der Waals surface area (Å²) in [6.07, 6.45) is 5.85. The summed E-state index contributed by atoms with van der Waals surface area (Å²) >= 11 is 0. The minimum absolute atomic E-state index is 1.22. The van der Waals surface area contributed by atoms with Gasteiger partial charge in [0.1, 0.15) is 7.05 Å². The highest BCUT2D eigenvalue weighted by molar-refractivity contribution is 5.59. The first-order chi connectivity index (χ1) is 5.75. The lowest BCUT2D eigenvalue weighted by atomic mass is 10.2. The van der Waals surface area contributed by atoms with Crippen molar-refractivity contribution in [2.45, 2.75) is 6.92 Å². The SMILES string of the molecule is C=C/C=C(\C)c1cccc[n+]1C. The molecule has 0 aliphatic rings. The average molecular weight is 160 g/mol. The molecule has 0 unspecified atom stereocenters. The highest BCUT2D eigenvalue weighted by Crippen LogP contribution is 2.07. The Bertz CT molecular complexity index is 311. The standard InChI is InChI=1S/C11H14N/c1-4-7-10(2)11-8-5-6-9-12(11)3/h4-9H,1H2,2-3H3/q+1/b10-7+. The third-order valence-electron chi connectivity index (χ3n) is 1.83. The van der Waals surface area contributed by atoms with Gasteiger partial charge in [0.15, 0.2) is 6.20 Å². The molecule has 0 saturated heterocycles. The largest absolute Gasteiger partial charge is 0.207 e. The number of hydrogen-bond donors (Lipinski definition) is 0. The van der Waals surface area contributed by atoms with Crippen LogP contribution >= 0.6 is 0 Å². The third-order valence-corrected chi connectivity index (χ3v) is 1.83. The molecule has 0 aliphatic heterocycles. The van der Waals surface area contributed by atoms with Crippen molar-refractivity contribution < 1.29 is 4.57 Å². The summed E-state index contributed by atoms with van der Waals surface area (Å²) in [6.45, 7) is 5.75. The van der Waals surface area contributed by atoms with Crippen molar-refractivity contribution in [2.24, 2.45) is 7.05 Å². The van der Waals surface area contributed by atoms with Crippen molar-refractivity contribution in [1.29, 1.82) is 0 Å². The molecule has 1 heteroatoms. The molecule has 0 radical (unpaired) electrons. The Kier molecular flexibility index (Phi) is 2.81. The summed E-state index contributed by atoms with van der Waals surface area (Å²) in [4.78, 5) is 0. The Labute approximate surface area is 73.7 Å². The monoisotopic (exact) mass is 160 g/mol. The fourth-order valence-electron chi connectivity index (χ4n) is 1.20. The molecule has 0 bridgehead atoms. The molecule has 0 amide bonds. The highest BCUT2D eigenvalue weighted by atomic mass is 14.9. The molecule has 0 aromatic carbocycles. The van der Waals surface area contributed by atoms with Gasteiger partial charge in [-0.3, -0.25) is 0 Å². The van der Waals surface area contributed by atoms with Crippen LogP contribution in [0.15, 0.2) is 43.1 Å². The highest BCUT2D eigenvalue weighted by Gasteiger charge is 2.04. The summed E-state index contributed by atoms with van der Waals surface area (Å²) in [5, 5.41) is 0. The molecule has 0 fully saturated rings. The van der Waals surface area contributed by atoms with Crippen LogP contribution in [0.3, 0.4) is 0 Å². The van der Waals surface area contributed by atoms with E-state index >= 15 is 0 Å². The molecule has 1 nitrogen and oxygen atoms in total. The predicted molar refractivity (Wildman–Crippen MR) is 51.5 cm³/mol. The van der Waals surface area contributed by atoms with Gasteiger partial charge in [-0.25, -0.2) is 4.57 Å². The Morgan fingerprint density at radius 2 is 2.25 bits per heavy atom. The second-order valence-electron chi connectivity index (χ2n) is 2.78. The zero-order valence-electron chi connectivity index (χ0n) is 7.62. The van der Waals surface area contributed by atoms with Gasteiger partial charge in [0.25, 0.3) is 0 Å². The Morgan fingerprint density at radius 3 is 2.83 bits per heavy atom. The first kappa shape index (κ1) is 8.72. The minimum Gasteiger partial charge on any atom is -0.201 e. The van der Waals surface area contributed by atoms with E-state index in [9.17, 15) is 0 Å². The van der Waals surface area contributed by atoms with Gasteiger partial charge in [-0.1, -0.05) is 18.7 Å². The number of rotatable bonds is 2. The van der Waals surface area contributed by atoms with E-state index < -0.39 is 0 Å². The van der Waals surface area contributed by atoms with Crippen molar-refractivity contribution in [3.63, 3.8) is 0 Å². The molecule has 1 aromatic rings. The summed E-state index contributed by atoms with van der Waals surface area (Å²) in [7, 11) is 2.04. The van der Waals surface area contributed by atoms with E-state index in [1.54, 1.807) is 0 Å². The van der Waals surface area contributed by atoms with Crippen LogP contribution < -0.4 is 4.57 Å². The van der Waals surface area contributed by atoms with Gasteiger partial charge in [0.2, 0.25) is 5.69 Å². The van der Waals surface area contributed by atoms with Crippen LogP contribution in [0.25, 0.3) is 5.57 Å². The maximum absolute atomic E-state index is 3.67. The zero-order chi connectivity index (χ0) is 8.97. The van der Waals surface area contributed by atoms with Gasteiger partial charge < -0.3 is 0 Å². The van der Waals surface area contributed by atoms with Crippen molar-refractivity contribution in [3.05, 3.63) is 48.8 Å². The van der Waals surface area contributed by atoms with E-state index in [0.29, 0.717) is 0 Å². The lowest BCUT2D eigenvalue weighted by molar-refractivity contribution is -0.673. The average Bonchev–Trinajstić information content (AvgIpc) is 2.05. The number of allylic oxidation sites excluding steroid dienone is 3. The van der Waals surface area contributed by atoms with Gasteiger partial charge >= 0.3 is 0 Å². The summed E-state index contributed by atoms with van der Waals surface area (Å²) in [5.41, 5.74) is 2.45. The molecule has 1 heterocycles. The van der Waals surface area contributed by atoms with Crippen molar-refractivity contribution >= 4 is 5.57 Å². The van der Waals surface area contributed by atoms with Crippen LogP contribution in [0.4, 0.5) is 0 Å². The predicted octanol–water partition coefficient (Wildman–Crippen LogP) is 2.10. The number of nitrogens with zero attached hydrogens (tertiary/aromatic N) is 1. The molecule has 0 saturated carbocycles. The molecule has 0 spiro atoms. The summed E-state index contributed by atoms with van der Waals surface area (Å²) in [6, 6.07) is 6.15. The van der Waals surface area contributed by atoms with E-state index in [0.717, 1.165) is 0 Å². The fraction of sp³-hybridized carbons (Fsp3) is 0.182. The number of pyridine rings is 1. The van der Waals surface area contributed by atoms with Gasteiger partial charge in [-0.15, -0.1) is 0 Å². The fourth-order valence-corrected chi connectivity index (χ4v) is 1.20. The Hall–Kier alpha value is -1.37. The molecule has 0 N–H and O–H groups in total. The summed E-state index contributed by atoms with van der Waals surface area (Å²) < 4.78 is 2.09. The Morgan fingerprint density at radius 1 is 1.50 bits per heavy atom. The van der Waals surface area contributed by atoms with Gasteiger partial charge in [0, 0.05) is 17.7 Å². The van der Waals surface area contributed by atoms with Crippen LogP contribution in [-0.4, -0.2) is 0 Å². The number of aromatic nitrogens is 1. The summed E-state index contributed by atoms with van der Waals surface area (Å²) in [5.74, 6) is 0. The Balaban J connectivity index is 3.10. The van der Waals surface area contributed by atoms with Crippen molar-refractivity contribution in [2.75, 3.05) is 0 Å². The van der Waals surface area contributed by atoms with Crippen LogP contribution in [0.2, 0.25) is 0 Å². The van der Waals surface area contributed by atoms with Crippen molar-refractivity contribution in [1.82, 2.24) is 0 Å². The molecule has 1 aromatic heterocycles. The molecule has 1 rings (SSSR count). The minimum atomic E-state index is 1.22. The first-order valence-corrected chi connectivity index (χ1v) is 4.00. The maximum Gasteiger partial charge on any atom is 0.207 e. The molecular weight excluding hydrogens is 146 g/mol. The second kappa shape index (κ2) is 3.86. The van der Waals surface area contributed by atoms with Gasteiger partial charge in [-0.2, -0.15) is 0 Å². The lowest BCUT2D eigenvalue weighted by Gasteiger charge is -1.97. The lowest BCUT2D eigenvalue weighted by Crippen LogP contribution is -2.31. The smallest absolute Gasteiger partial charge is 0.201 e. The van der Waals surface area contributed by atoms with E-state index in [-0.39, 0.29) is 0 Å². The molecule has 0 aliphatic carbocycles. The number of aryl methyl sites for hydroxylation is 1. The normalized spacial score (nSPS) is 11.3. The topological polar surface area (TPSA) is 3.88 Å². The maximum atomic E-state index is 3.67. The second-order valence-corrected chi connectivity index (χ2v) is 2.78. The molecule has 62 valence electrons. The van der Waals surface area contributed by atoms with Crippen LogP contribution in [0.1, 0.15) is 12.6 Å². The van der Waals surface area contributed by atoms with E-state index in [1.165, 1.54) is 11.3 Å². The third kappa shape index (κ3) is 1.82. The van der Waals surface area contributed by atoms with Crippen LogP contribution in [0, 0.1) is 0 Å². The van der Waals surface area contributed by atoms with Crippen LogP contribution in [0.5, 0.6) is 0 Å². The quantitative estimate of drug-likeness (QED) is 0.461. The molecule has 12 heavy (non-hydrogen) atoms. The van der Waals surface area contributed by atoms with E-state index in [1.807, 2.05) is 37.5 Å². The molecular formula is C11H14N+. The van der Waals surface area contributed by atoms with E-state index in [4.69, 9.17) is 0 Å².